The van der Waals surface area contributed by atoms with Crippen LogP contribution in [0.2, 0.25) is 0 Å². The highest BCUT2D eigenvalue weighted by molar-refractivity contribution is 5.83. The predicted molar refractivity (Wildman–Crippen MR) is 97.7 cm³/mol. The summed E-state index contributed by atoms with van der Waals surface area (Å²) in [5.41, 5.74) is 1.94. The van der Waals surface area contributed by atoms with E-state index < -0.39 is 5.41 Å². The molecule has 138 valence electrons. The number of benzene rings is 1. The smallest absolute Gasteiger partial charge is 0.228 e. The second kappa shape index (κ2) is 8.65. The van der Waals surface area contributed by atoms with Gasteiger partial charge in [-0.3, -0.25) is 4.79 Å². The minimum absolute atomic E-state index is 0.104. The Hall–Kier alpha value is -1.63. The Morgan fingerprint density at radius 3 is 2.72 bits per heavy atom. The van der Waals surface area contributed by atoms with Gasteiger partial charge in [-0.25, -0.2) is 0 Å². The van der Waals surface area contributed by atoms with Gasteiger partial charge >= 0.3 is 0 Å². The van der Waals surface area contributed by atoms with E-state index in [0.717, 1.165) is 57.8 Å². The number of carbonyl (C=O) groups excluding carboxylic acids is 1. The molecule has 1 aromatic carbocycles. The van der Waals surface area contributed by atoms with Crippen molar-refractivity contribution in [3.05, 3.63) is 29.8 Å². The summed E-state index contributed by atoms with van der Waals surface area (Å²) in [4.78, 5) is 15.3. The molecule has 6 heteroatoms. The molecule has 25 heavy (non-hydrogen) atoms. The van der Waals surface area contributed by atoms with Gasteiger partial charge in [0.1, 0.15) is 0 Å². The topological polar surface area (TPSA) is 62.8 Å². The molecule has 0 aliphatic carbocycles. The largest absolute Gasteiger partial charge is 0.384 e. The third-order valence-electron chi connectivity index (χ3n) is 5.25. The van der Waals surface area contributed by atoms with Crippen molar-refractivity contribution in [2.45, 2.75) is 19.4 Å². The van der Waals surface area contributed by atoms with E-state index in [4.69, 9.17) is 9.47 Å². The number of carbonyl (C=O) groups is 1. The lowest BCUT2D eigenvalue weighted by atomic mass is 9.78. The Balaban J connectivity index is 1.67. The van der Waals surface area contributed by atoms with Gasteiger partial charge in [-0.1, -0.05) is 18.2 Å². The second-order valence-corrected chi connectivity index (χ2v) is 6.87. The Morgan fingerprint density at radius 2 is 2.00 bits per heavy atom. The SMILES string of the molecule is COCC1(C(=O)NCc2ccccc2N2CCOCC2)CCNCC1. The highest BCUT2D eigenvalue weighted by atomic mass is 16.5. The summed E-state index contributed by atoms with van der Waals surface area (Å²) in [7, 11) is 1.67. The van der Waals surface area contributed by atoms with Gasteiger partial charge in [0.05, 0.1) is 25.2 Å². The van der Waals surface area contributed by atoms with Crippen LogP contribution in [0.4, 0.5) is 5.69 Å². The zero-order chi connectivity index (χ0) is 17.5. The number of para-hydroxylation sites is 1. The standard InChI is InChI=1S/C19H29N3O3/c1-24-15-19(6-8-20-9-7-19)18(23)21-14-16-4-2-3-5-17(16)22-10-12-25-13-11-22/h2-5,20H,6-15H2,1H3,(H,21,23). The van der Waals surface area contributed by atoms with E-state index in [1.165, 1.54) is 5.69 Å². The van der Waals surface area contributed by atoms with Gasteiger partial charge in [0.15, 0.2) is 0 Å². The van der Waals surface area contributed by atoms with Crippen LogP contribution in [-0.2, 0) is 20.8 Å². The molecule has 1 amide bonds. The Labute approximate surface area is 149 Å². The van der Waals surface area contributed by atoms with Crippen LogP contribution in [-0.4, -0.2) is 59.0 Å². The summed E-state index contributed by atoms with van der Waals surface area (Å²) in [6.45, 7) is 6.04. The molecular formula is C19H29N3O3. The van der Waals surface area contributed by atoms with Gasteiger partial charge in [0.2, 0.25) is 5.91 Å². The number of nitrogens with zero attached hydrogens (tertiary/aromatic N) is 1. The van der Waals surface area contributed by atoms with Crippen molar-refractivity contribution in [3.63, 3.8) is 0 Å². The molecule has 2 aliphatic heterocycles. The van der Waals surface area contributed by atoms with Crippen molar-refractivity contribution in [3.8, 4) is 0 Å². The van der Waals surface area contributed by atoms with E-state index in [0.29, 0.717) is 13.2 Å². The molecule has 0 spiro atoms. The summed E-state index contributed by atoms with van der Waals surface area (Å²) in [6.07, 6.45) is 1.63. The van der Waals surface area contributed by atoms with Crippen molar-refractivity contribution in [1.82, 2.24) is 10.6 Å². The number of hydrogen-bond acceptors (Lipinski definition) is 5. The molecule has 0 radical (unpaired) electrons. The summed E-state index contributed by atoms with van der Waals surface area (Å²) in [5.74, 6) is 0.104. The molecule has 6 nitrogen and oxygen atoms in total. The first kappa shape index (κ1) is 18.2. The molecule has 0 unspecified atom stereocenters. The molecule has 2 saturated heterocycles. The zero-order valence-electron chi connectivity index (χ0n) is 15.1. The van der Waals surface area contributed by atoms with Crippen LogP contribution < -0.4 is 15.5 Å². The number of anilines is 1. The Bertz CT molecular complexity index is 561. The van der Waals surface area contributed by atoms with Crippen LogP contribution in [0.15, 0.2) is 24.3 Å². The van der Waals surface area contributed by atoms with E-state index in [1.54, 1.807) is 7.11 Å². The van der Waals surface area contributed by atoms with Crippen LogP contribution in [0.25, 0.3) is 0 Å². The monoisotopic (exact) mass is 347 g/mol. The Kier molecular flexibility index (Phi) is 6.29. The van der Waals surface area contributed by atoms with Gasteiger partial charge in [-0.15, -0.1) is 0 Å². The molecule has 2 aliphatic rings. The lowest BCUT2D eigenvalue weighted by Crippen LogP contribution is -2.50. The van der Waals surface area contributed by atoms with E-state index >= 15 is 0 Å². The fraction of sp³-hybridized carbons (Fsp3) is 0.632. The van der Waals surface area contributed by atoms with E-state index in [2.05, 4.69) is 33.7 Å². The highest BCUT2D eigenvalue weighted by Crippen LogP contribution is 2.30. The van der Waals surface area contributed by atoms with Crippen molar-refractivity contribution in [2.75, 3.05) is 58.0 Å². The summed E-state index contributed by atoms with van der Waals surface area (Å²) in [5, 5.41) is 6.49. The second-order valence-electron chi connectivity index (χ2n) is 6.87. The van der Waals surface area contributed by atoms with Gasteiger partial charge in [0.25, 0.3) is 0 Å². The van der Waals surface area contributed by atoms with Crippen LogP contribution >= 0.6 is 0 Å². The molecule has 2 heterocycles. The molecule has 0 saturated carbocycles. The molecular weight excluding hydrogens is 318 g/mol. The predicted octanol–water partition coefficient (Wildman–Crippen LogP) is 1.16. The van der Waals surface area contributed by atoms with Crippen molar-refractivity contribution >= 4 is 11.6 Å². The number of rotatable bonds is 6. The first-order chi connectivity index (χ1) is 12.2. The van der Waals surface area contributed by atoms with Crippen LogP contribution in [0.1, 0.15) is 18.4 Å². The number of morpholine rings is 1. The molecule has 2 fully saturated rings. The fourth-order valence-corrected chi connectivity index (χ4v) is 3.75. The molecule has 0 atom stereocenters. The normalized spacial score (nSPS) is 20.3. The number of hydrogen-bond donors (Lipinski definition) is 2. The Morgan fingerprint density at radius 1 is 1.28 bits per heavy atom. The fourth-order valence-electron chi connectivity index (χ4n) is 3.75. The van der Waals surface area contributed by atoms with Gasteiger partial charge in [-0.05, 0) is 37.6 Å². The third kappa shape index (κ3) is 4.32. The van der Waals surface area contributed by atoms with Gasteiger partial charge < -0.3 is 25.0 Å². The summed E-state index contributed by atoms with van der Waals surface area (Å²) in [6, 6.07) is 8.30. The maximum atomic E-state index is 12.9. The minimum Gasteiger partial charge on any atom is -0.384 e. The summed E-state index contributed by atoms with van der Waals surface area (Å²) >= 11 is 0. The lowest BCUT2D eigenvalue weighted by Gasteiger charge is -2.36. The summed E-state index contributed by atoms with van der Waals surface area (Å²) < 4.78 is 10.8. The van der Waals surface area contributed by atoms with Crippen LogP contribution in [0.5, 0.6) is 0 Å². The number of ether oxygens (including phenoxy) is 2. The average Bonchev–Trinajstić information content (AvgIpc) is 2.68. The molecule has 2 N–H and O–H groups in total. The van der Waals surface area contributed by atoms with E-state index in [-0.39, 0.29) is 5.91 Å². The maximum Gasteiger partial charge on any atom is 0.228 e. The van der Waals surface area contributed by atoms with Crippen molar-refractivity contribution in [2.24, 2.45) is 5.41 Å². The van der Waals surface area contributed by atoms with E-state index in [1.807, 2.05) is 6.07 Å². The number of amides is 1. The van der Waals surface area contributed by atoms with Crippen LogP contribution in [0.3, 0.4) is 0 Å². The van der Waals surface area contributed by atoms with Crippen LogP contribution in [0, 0.1) is 5.41 Å². The molecule has 1 aromatic rings. The average molecular weight is 347 g/mol. The minimum atomic E-state index is -0.409. The van der Waals surface area contributed by atoms with Gasteiger partial charge in [-0.2, -0.15) is 0 Å². The van der Waals surface area contributed by atoms with E-state index in [9.17, 15) is 4.79 Å². The van der Waals surface area contributed by atoms with Crippen molar-refractivity contribution in [1.29, 1.82) is 0 Å². The maximum absolute atomic E-state index is 12.9. The first-order valence-electron chi connectivity index (χ1n) is 9.14. The van der Waals surface area contributed by atoms with Gasteiger partial charge in [0, 0.05) is 32.4 Å². The quantitative estimate of drug-likeness (QED) is 0.808. The lowest BCUT2D eigenvalue weighted by molar-refractivity contribution is -0.136. The highest BCUT2D eigenvalue weighted by Gasteiger charge is 2.39. The zero-order valence-corrected chi connectivity index (χ0v) is 15.1. The first-order valence-corrected chi connectivity index (χ1v) is 9.14. The molecule has 0 bridgehead atoms. The molecule has 3 rings (SSSR count). The van der Waals surface area contributed by atoms with Crippen molar-refractivity contribution < 1.29 is 14.3 Å². The number of methoxy groups -OCH3 is 1. The third-order valence-corrected chi connectivity index (χ3v) is 5.25. The molecule has 0 aromatic heterocycles. The number of nitrogens with one attached hydrogen (secondary N) is 2. The number of piperidine rings is 1.